The Kier molecular flexibility index (Phi) is 9.02. The van der Waals surface area contributed by atoms with Crippen LogP contribution in [0.3, 0.4) is 0 Å². The number of hydrogen-bond donors (Lipinski definition) is 1. The Balaban J connectivity index is 1.18. The summed E-state index contributed by atoms with van der Waals surface area (Å²) < 4.78 is 8.15. The molecule has 0 saturated carbocycles. The van der Waals surface area contributed by atoms with Crippen molar-refractivity contribution in [3.05, 3.63) is 185 Å². The Morgan fingerprint density at radius 3 is 1.88 bits per heavy atom. The first kappa shape index (κ1) is 42.7. The van der Waals surface area contributed by atoms with Crippen LogP contribution in [-0.2, 0) is 21.7 Å². The van der Waals surface area contributed by atoms with E-state index in [1.54, 1.807) is 0 Å². The number of nitrogens with zero attached hydrogens (tertiary/aromatic N) is 1. The summed E-state index contributed by atoms with van der Waals surface area (Å²) in [5.41, 5.74) is 20.7. The summed E-state index contributed by atoms with van der Waals surface area (Å²) in [6.07, 6.45) is 0. The maximum absolute atomic E-state index is 4.14. The molecule has 4 heterocycles. The first-order valence-corrected chi connectivity index (χ1v) is 26.3. The van der Waals surface area contributed by atoms with Crippen LogP contribution in [0, 0.1) is 0 Å². The predicted octanol–water partition coefficient (Wildman–Crippen LogP) is 16.7. The van der Waals surface area contributed by atoms with E-state index in [0.29, 0.717) is 0 Å². The van der Waals surface area contributed by atoms with E-state index in [9.17, 15) is 0 Å². The Labute approximate surface area is 414 Å². The molecule has 3 aromatic heterocycles. The third-order valence-electron chi connectivity index (χ3n) is 16.0. The average molecular weight is 929 g/mol. The summed E-state index contributed by atoms with van der Waals surface area (Å²) in [5, 5.41) is 10.9. The Hall–Kier alpha value is -6.40. The van der Waals surface area contributed by atoms with Gasteiger partial charge in [0.2, 0.25) is 7.28 Å². The Morgan fingerprint density at radius 1 is 0.522 bits per heavy atom. The molecule has 0 fully saturated rings. The summed E-state index contributed by atoms with van der Waals surface area (Å²) in [7, 11) is 0.846. The van der Waals surface area contributed by atoms with Crippen LogP contribution < -0.4 is 15.6 Å². The zero-order valence-corrected chi connectivity index (χ0v) is 43.0. The molecule has 0 radical (unpaired) electrons. The lowest BCUT2D eigenvalue weighted by atomic mass is 9.59. The molecule has 0 spiro atoms. The summed E-state index contributed by atoms with van der Waals surface area (Å²) in [5.74, 6) is 0. The smallest absolute Gasteiger partial charge is 0.211 e. The van der Waals surface area contributed by atoms with Crippen molar-refractivity contribution < 1.29 is 0 Å². The fraction of sp³-hybridized carbons (Fsp3) is 0.219. The molecular formula is C64H57BN2S2. The fourth-order valence-electron chi connectivity index (χ4n) is 12.2. The monoisotopic (exact) mass is 928 g/mol. The van der Waals surface area contributed by atoms with Gasteiger partial charge in [-0.1, -0.05) is 172 Å². The summed E-state index contributed by atoms with van der Waals surface area (Å²) in [4.78, 5) is 0. The highest BCUT2D eigenvalue weighted by atomic mass is 32.1. The van der Waals surface area contributed by atoms with Gasteiger partial charge in [0, 0.05) is 68.8 Å². The fourth-order valence-corrected chi connectivity index (χ4v) is 14.7. The van der Waals surface area contributed by atoms with E-state index in [1.165, 1.54) is 124 Å². The third-order valence-corrected chi connectivity index (χ3v) is 18.3. The zero-order chi connectivity index (χ0) is 47.5. The predicted molar refractivity (Wildman–Crippen MR) is 304 cm³/mol. The molecule has 1 aliphatic carbocycles. The van der Waals surface area contributed by atoms with Crippen molar-refractivity contribution >= 4 is 104 Å². The number of benzene rings is 8. The van der Waals surface area contributed by atoms with E-state index in [4.69, 9.17) is 0 Å². The minimum atomic E-state index is -0.229. The SMILES string of the molecule is CC(C)(C)c1ccc(Nc2cc3c(cc2-c2c4c5c(c6cc(C(C)(C)C)ccc6n5-c5c(sc6cc(-c7ccccc7)ccc56)B4)c4sc5ccccc5c24)C(C)(C)c2ccccc2C3(C)C)cc1. The molecule has 0 amide bonds. The lowest BCUT2D eigenvalue weighted by Gasteiger charge is -2.44. The van der Waals surface area contributed by atoms with Crippen LogP contribution in [0.4, 0.5) is 11.4 Å². The number of anilines is 2. The van der Waals surface area contributed by atoms with E-state index in [0.717, 1.165) is 18.7 Å². The highest BCUT2D eigenvalue weighted by Gasteiger charge is 2.43. The highest BCUT2D eigenvalue weighted by molar-refractivity contribution is 7.29. The number of aromatic nitrogens is 1. The minimum absolute atomic E-state index is 0.00704. The lowest BCUT2D eigenvalue weighted by molar-refractivity contribution is 0.521. The summed E-state index contributed by atoms with van der Waals surface area (Å²) in [6.45, 7) is 23.7. The first-order valence-electron chi connectivity index (χ1n) is 24.7. The molecular weight excluding hydrogens is 872 g/mol. The van der Waals surface area contributed by atoms with Gasteiger partial charge in [0.15, 0.2) is 0 Å². The maximum atomic E-state index is 4.14. The molecule has 1 aliphatic heterocycles. The molecule has 0 unspecified atom stereocenters. The van der Waals surface area contributed by atoms with Gasteiger partial charge >= 0.3 is 0 Å². The van der Waals surface area contributed by atoms with Crippen LogP contribution in [0.2, 0.25) is 0 Å². The van der Waals surface area contributed by atoms with Crippen LogP contribution in [0.1, 0.15) is 103 Å². The molecule has 11 aromatic rings. The zero-order valence-electron chi connectivity index (χ0n) is 41.4. The van der Waals surface area contributed by atoms with Crippen LogP contribution in [-0.4, -0.2) is 11.8 Å². The third kappa shape index (κ3) is 6.22. The van der Waals surface area contributed by atoms with Gasteiger partial charge in [-0.3, -0.25) is 0 Å². The molecule has 8 aromatic carbocycles. The van der Waals surface area contributed by atoms with E-state index < -0.39 is 0 Å². The van der Waals surface area contributed by atoms with E-state index in [2.05, 4.69) is 231 Å². The van der Waals surface area contributed by atoms with Gasteiger partial charge in [-0.25, -0.2) is 0 Å². The van der Waals surface area contributed by atoms with E-state index >= 15 is 0 Å². The van der Waals surface area contributed by atoms with Crippen LogP contribution in [0.15, 0.2) is 152 Å². The molecule has 0 saturated heterocycles. The first-order chi connectivity index (χ1) is 33.0. The normalized spacial score (nSPS) is 14.9. The van der Waals surface area contributed by atoms with Crippen molar-refractivity contribution in [3.8, 4) is 27.9 Å². The summed E-state index contributed by atoms with van der Waals surface area (Å²) in [6, 6.07) is 58.1. The maximum Gasteiger partial charge on any atom is 0.211 e. The molecule has 1 N–H and O–H groups in total. The number of fused-ring (bicyclic) bond motifs is 13. The van der Waals surface area contributed by atoms with Crippen molar-refractivity contribution in [1.29, 1.82) is 0 Å². The minimum Gasteiger partial charge on any atom is -0.355 e. The molecule has 69 heavy (non-hydrogen) atoms. The lowest BCUT2D eigenvalue weighted by Crippen LogP contribution is -2.37. The van der Waals surface area contributed by atoms with Crippen molar-refractivity contribution in [2.24, 2.45) is 0 Å². The largest absolute Gasteiger partial charge is 0.355 e. The van der Waals surface area contributed by atoms with Crippen molar-refractivity contribution in [1.82, 2.24) is 4.57 Å². The second-order valence-electron chi connectivity index (χ2n) is 23.0. The van der Waals surface area contributed by atoms with Gasteiger partial charge < -0.3 is 9.88 Å². The van der Waals surface area contributed by atoms with Gasteiger partial charge in [-0.05, 0) is 120 Å². The van der Waals surface area contributed by atoms with Crippen molar-refractivity contribution in [2.45, 2.75) is 90.9 Å². The number of rotatable bonds is 4. The average Bonchev–Trinajstić information content (AvgIpc) is 4.01. The van der Waals surface area contributed by atoms with Gasteiger partial charge in [-0.2, -0.15) is 0 Å². The van der Waals surface area contributed by atoms with Crippen molar-refractivity contribution in [2.75, 3.05) is 5.32 Å². The topological polar surface area (TPSA) is 17.0 Å². The van der Waals surface area contributed by atoms with Gasteiger partial charge in [-0.15, -0.1) is 22.7 Å². The molecule has 13 rings (SSSR count). The van der Waals surface area contributed by atoms with Gasteiger partial charge in [0.05, 0.1) is 16.7 Å². The molecule has 0 bridgehead atoms. The summed E-state index contributed by atoms with van der Waals surface area (Å²) >= 11 is 3.95. The Bertz CT molecular complexity index is 3960. The molecule has 2 aliphatic rings. The number of thiophene rings is 2. The van der Waals surface area contributed by atoms with Crippen LogP contribution in [0.5, 0.6) is 0 Å². The standard InChI is InChI=1S/C64H57BN2S2/c1-61(2,3)38-25-28-40(29-26-38)66-49-35-48-47(63(7,8)45-21-15-16-22-46(45)64(48,9)10)34-43(49)53-54-41-20-14-17-23-51(41)68-59(54)55-44-33-39(62(4,5)6)27-31-50(44)67-57-42-30-24-37(36-18-12-11-13-19-36)32-52(42)69-60(57)65-56(53)58(55)67/h11-35,65-66H,1-10H3. The second kappa shape index (κ2) is 14.6. The van der Waals surface area contributed by atoms with Gasteiger partial charge in [0.25, 0.3) is 0 Å². The second-order valence-corrected chi connectivity index (χ2v) is 25.2. The van der Waals surface area contributed by atoms with E-state index in [-0.39, 0.29) is 21.7 Å². The van der Waals surface area contributed by atoms with E-state index in [1.807, 2.05) is 22.7 Å². The van der Waals surface area contributed by atoms with Crippen LogP contribution in [0.25, 0.3) is 80.0 Å². The Morgan fingerprint density at radius 2 is 1.17 bits per heavy atom. The molecule has 0 atom stereocenters. The number of nitrogens with one attached hydrogen (secondary N) is 1. The molecule has 338 valence electrons. The van der Waals surface area contributed by atoms with Gasteiger partial charge in [0.1, 0.15) is 0 Å². The van der Waals surface area contributed by atoms with Crippen molar-refractivity contribution in [3.63, 3.8) is 0 Å². The highest BCUT2D eigenvalue weighted by Crippen LogP contribution is 2.55. The molecule has 2 nitrogen and oxygen atoms in total. The quantitative estimate of drug-likeness (QED) is 0.174. The van der Waals surface area contributed by atoms with Crippen LogP contribution >= 0.6 is 22.7 Å². The number of hydrogen-bond acceptors (Lipinski definition) is 3. The molecule has 5 heteroatoms.